The summed E-state index contributed by atoms with van der Waals surface area (Å²) < 4.78 is 5.65. The first-order valence-corrected chi connectivity index (χ1v) is 7.44. The first-order valence-electron chi connectivity index (χ1n) is 7.44. The fourth-order valence-corrected chi connectivity index (χ4v) is 3.74. The summed E-state index contributed by atoms with van der Waals surface area (Å²) in [6, 6.07) is 1.05. The highest BCUT2D eigenvalue weighted by molar-refractivity contribution is 5.80. The number of rotatable bonds is 4. The van der Waals surface area contributed by atoms with E-state index in [-0.39, 0.29) is 12.0 Å². The molecule has 0 aromatic rings. The van der Waals surface area contributed by atoms with Gasteiger partial charge in [0.1, 0.15) is 0 Å². The summed E-state index contributed by atoms with van der Waals surface area (Å²) >= 11 is 0. The molecule has 3 aliphatic heterocycles. The summed E-state index contributed by atoms with van der Waals surface area (Å²) in [5.41, 5.74) is 0. The molecule has 0 aliphatic carbocycles. The summed E-state index contributed by atoms with van der Waals surface area (Å²) in [6.45, 7) is 4.55. The molecule has 3 saturated heterocycles. The lowest BCUT2D eigenvalue weighted by Gasteiger charge is -2.29. The first-order chi connectivity index (χ1) is 8.78. The average Bonchev–Trinajstić information content (AvgIpc) is 3.11. The predicted octanol–water partition coefficient (Wildman–Crippen LogP) is 1.15. The van der Waals surface area contributed by atoms with Crippen molar-refractivity contribution in [3.05, 3.63) is 0 Å². The second kappa shape index (κ2) is 5.17. The SMILES string of the molecule is CCN(CC1CCCO1)C(=O)C1CC2CCC1N2. The van der Waals surface area contributed by atoms with Gasteiger partial charge in [0.15, 0.2) is 0 Å². The lowest BCUT2D eigenvalue weighted by molar-refractivity contribution is -0.137. The van der Waals surface area contributed by atoms with Gasteiger partial charge in [-0.3, -0.25) is 4.79 Å². The highest BCUT2D eigenvalue weighted by Crippen LogP contribution is 2.34. The highest BCUT2D eigenvalue weighted by Gasteiger charge is 2.44. The van der Waals surface area contributed by atoms with Gasteiger partial charge < -0.3 is 15.0 Å². The molecule has 2 bridgehead atoms. The summed E-state index contributed by atoms with van der Waals surface area (Å²) in [4.78, 5) is 14.6. The van der Waals surface area contributed by atoms with Crippen molar-refractivity contribution in [3.8, 4) is 0 Å². The topological polar surface area (TPSA) is 41.6 Å². The molecule has 18 heavy (non-hydrogen) atoms. The minimum absolute atomic E-state index is 0.227. The van der Waals surface area contributed by atoms with E-state index >= 15 is 0 Å². The molecule has 0 spiro atoms. The second-order valence-corrected chi connectivity index (χ2v) is 5.90. The summed E-state index contributed by atoms with van der Waals surface area (Å²) in [7, 11) is 0. The number of nitrogens with zero attached hydrogens (tertiary/aromatic N) is 1. The van der Waals surface area contributed by atoms with Crippen LogP contribution < -0.4 is 5.32 Å². The minimum Gasteiger partial charge on any atom is -0.376 e. The molecule has 0 radical (unpaired) electrons. The standard InChI is InChI=1S/C14H24N2O2/c1-2-16(9-11-4-3-7-18-11)14(17)12-8-10-5-6-13(12)15-10/h10-13,15H,2-9H2,1H3. The van der Waals surface area contributed by atoms with Crippen LogP contribution in [0.5, 0.6) is 0 Å². The quantitative estimate of drug-likeness (QED) is 0.816. The van der Waals surface area contributed by atoms with Crippen molar-refractivity contribution in [2.45, 2.75) is 57.2 Å². The number of ether oxygens (including phenoxy) is 1. The largest absolute Gasteiger partial charge is 0.376 e. The second-order valence-electron chi connectivity index (χ2n) is 5.90. The number of hydrogen-bond acceptors (Lipinski definition) is 3. The lowest BCUT2D eigenvalue weighted by Crippen LogP contribution is -2.44. The molecule has 3 heterocycles. The van der Waals surface area contributed by atoms with Gasteiger partial charge in [-0.05, 0) is 39.0 Å². The third-order valence-electron chi connectivity index (χ3n) is 4.76. The van der Waals surface area contributed by atoms with E-state index in [2.05, 4.69) is 12.2 Å². The number of fused-ring (bicyclic) bond motifs is 2. The Bertz CT molecular complexity index is 315. The monoisotopic (exact) mass is 252 g/mol. The number of nitrogens with one attached hydrogen (secondary N) is 1. The van der Waals surface area contributed by atoms with Gasteiger partial charge >= 0.3 is 0 Å². The molecule has 0 saturated carbocycles. The predicted molar refractivity (Wildman–Crippen MR) is 69.3 cm³/mol. The van der Waals surface area contributed by atoms with E-state index in [1.807, 2.05) is 4.90 Å². The molecule has 1 amide bonds. The number of likely N-dealkylation sites (N-methyl/N-ethyl adjacent to an activating group) is 1. The van der Waals surface area contributed by atoms with Gasteiger partial charge in [0.2, 0.25) is 5.91 Å². The van der Waals surface area contributed by atoms with Crippen molar-refractivity contribution in [1.82, 2.24) is 10.2 Å². The van der Waals surface area contributed by atoms with Crippen LogP contribution in [0, 0.1) is 5.92 Å². The van der Waals surface area contributed by atoms with Crippen molar-refractivity contribution < 1.29 is 9.53 Å². The van der Waals surface area contributed by atoms with E-state index in [0.717, 1.165) is 39.0 Å². The molecular weight excluding hydrogens is 228 g/mol. The molecule has 0 aromatic carbocycles. The molecule has 4 nitrogen and oxygen atoms in total. The van der Waals surface area contributed by atoms with Crippen LogP contribution in [-0.4, -0.2) is 48.7 Å². The first kappa shape index (κ1) is 12.4. The fraction of sp³-hybridized carbons (Fsp3) is 0.929. The summed E-state index contributed by atoms with van der Waals surface area (Å²) in [5, 5.41) is 3.55. The molecule has 4 atom stereocenters. The fourth-order valence-electron chi connectivity index (χ4n) is 3.74. The van der Waals surface area contributed by atoms with Crippen LogP contribution >= 0.6 is 0 Å². The number of hydrogen-bond donors (Lipinski definition) is 1. The van der Waals surface area contributed by atoms with Crippen LogP contribution in [0.4, 0.5) is 0 Å². The third kappa shape index (κ3) is 2.28. The number of amides is 1. The van der Waals surface area contributed by atoms with Crippen LogP contribution in [-0.2, 0) is 9.53 Å². The Labute approximate surface area is 109 Å². The number of carbonyl (C=O) groups excluding carboxylic acids is 1. The summed E-state index contributed by atoms with van der Waals surface area (Å²) in [5.74, 6) is 0.581. The highest BCUT2D eigenvalue weighted by atomic mass is 16.5. The lowest BCUT2D eigenvalue weighted by atomic mass is 9.88. The van der Waals surface area contributed by atoms with Crippen molar-refractivity contribution in [2.24, 2.45) is 5.92 Å². The van der Waals surface area contributed by atoms with Gasteiger partial charge in [-0.1, -0.05) is 0 Å². The minimum atomic E-state index is 0.227. The van der Waals surface area contributed by atoms with Crippen molar-refractivity contribution >= 4 is 5.91 Å². The van der Waals surface area contributed by atoms with Crippen LogP contribution in [0.1, 0.15) is 39.0 Å². The van der Waals surface area contributed by atoms with Crippen molar-refractivity contribution in [3.63, 3.8) is 0 Å². The molecule has 4 heteroatoms. The van der Waals surface area contributed by atoms with E-state index in [1.54, 1.807) is 0 Å². The van der Waals surface area contributed by atoms with Crippen LogP contribution in [0.2, 0.25) is 0 Å². The molecule has 4 unspecified atom stereocenters. The Kier molecular flexibility index (Phi) is 3.57. The zero-order valence-electron chi connectivity index (χ0n) is 11.2. The molecular formula is C14H24N2O2. The maximum Gasteiger partial charge on any atom is 0.227 e. The Morgan fingerprint density at radius 1 is 1.39 bits per heavy atom. The Morgan fingerprint density at radius 3 is 2.83 bits per heavy atom. The smallest absolute Gasteiger partial charge is 0.227 e. The molecule has 3 aliphatic rings. The molecule has 3 fully saturated rings. The van der Waals surface area contributed by atoms with E-state index in [9.17, 15) is 4.79 Å². The zero-order valence-corrected chi connectivity index (χ0v) is 11.2. The van der Waals surface area contributed by atoms with Crippen LogP contribution in [0.25, 0.3) is 0 Å². The van der Waals surface area contributed by atoms with E-state index in [0.29, 0.717) is 18.0 Å². The van der Waals surface area contributed by atoms with E-state index in [1.165, 1.54) is 12.8 Å². The zero-order chi connectivity index (χ0) is 12.5. The molecule has 0 aromatic heterocycles. The normalized spacial score (nSPS) is 38.3. The van der Waals surface area contributed by atoms with Crippen LogP contribution in [0.15, 0.2) is 0 Å². The third-order valence-corrected chi connectivity index (χ3v) is 4.76. The van der Waals surface area contributed by atoms with Gasteiger partial charge in [-0.25, -0.2) is 0 Å². The van der Waals surface area contributed by atoms with Gasteiger partial charge in [0, 0.05) is 31.8 Å². The maximum absolute atomic E-state index is 12.6. The van der Waals surface area contributed by atoms with Gasteiger partial charge in [0.25, 0.3) is 0 Å². The van der Waals surface area contributed by atoms with Crippen molar-refractivity contribution in [1.29, 1.82) is 0 Å². The average molecular weight is 252 g/mol. The maximum atomic E-state index is 12.6. The number of carbonyl (C=O) groups is 1. The van der Waals surface area contributed by atoms with E-state index < -0.39 is 0 Å². The van der Waals surface area contributed by atoms with Gasteiger partial charge in [-0.15, -0.1) is 0 Å². The Morgan fingerprint density at radius 2 is 2.28 bits per heavy atom. The van der Waals surface area contributed by atoms with Gasteiger partial charge in [-0.2, -0.15) is 0 Å². The van der Waals surface area contributed by atoms with Crippen molar-refractivity contribution in [2.75, 3.05) is 19.7 Å². The van der Waals surface area contributed by atoms with Gasteiger partial charge in [0.05, 0.1) is 12.0 Å². The summed E-state index contributed by atoms with van der Waals surface area (Å²) in [6.07, 6.45) is 6.02. The molecule has 102 valence electrons. The Hall–Kier alpha value is -0.610. The van der Waals surface area contributed by atoms with E-state index in [4.69, 9.17) is 4.74 Å². The van der Waals surface area contributed by atoms with Crippen LogP contribution in [0.3, 0.4) is 0 Å². The molecule has 3 rings (SSSR count). The Balaban J connectivity index is 1.58. The molecule has 1 N–H and O–H groups in total.